The minimum atomic E-state index is -0.405. The number of hydrogen-bond donors (Lipinski definition) is 0. The summed E-state index contributed by atoms with van der Waals surface area (Å²) in [5.41, 5.74) is 0.659. The van der Waals surface area contributed by atoms with Gasteiger partial charge in [-0.15, -0.1) is 4.68 Å². The van der Waals surface area contributed by atoms with Gasteiger partial charge in [-0.1, -0.05) is 24.3 Å². The molecule has 0 N–H and O–H groups in total. The Morgan fingerprint density at radius 2 is 1.69 bits per heavy atom. The molecule has 2 aliphatic heterocycles. The number of hydrogen-bond acceptors (Lipinski definition) is 7. The molecular formula is C20H22N4O5. The van der Waals surface area contributed by atoms with Crippen LogP contribution in [-0.4, -0.2) is 64.9 Å². The molecule has 5 rings (SSSR count). The molecule has 1 spiro atoms. The lowest BCUT2D eigenvalue weighted by atomic mass is 9.90. The van der Waals surface area contributed by atoms with Crippen molar-refractivity contribution in [3.63, 3.8) is 0 Å². The number of ether oxygens (including phenoxy) is 2. The van der Waals surface area contributed by atoms with Crippen molar-refractivity contribution in [1.29, 1.82) is 0 Å². The van der Waals surface area contributed by atoms with Crippen molar-refractivity contribution in [1.82, 2.24) is 14.7 Å². The van der Waals surface area contributed by atoms with Crippen molar-refractivity contribution in [3.05, 3.63) is 52.0 Å². The molecule has 1 aromatic carbocycles. The number of piperidine rings is 1. The molecular weight excluding hydrogens is 376 g/mol. The zero-order valence-electron chi connectivity index (χ0n) is 16.0. The molecule has 2 fully saturated rings. The van der Waals surface area contributed by atoms with Crippen molar-refractivity contribution in [3.8, 4) is 0 Å². The van der Waals surface area contributed by atoms with Gasteiger partial charge in [-0.25, -0.2) is 0 Å². The molecule has 9 nitrogen and oxygen atoms in total. The first-order valence-corrected chi connectivity index (χ1v) is 9.97. The summed E-state index contributed by atoms with van der Waals surface area (Å²) in [7, 11) is 0. The molecule has 2 saturated heterocycles. The zero-order chi connectivity index (χ0) is 20.0. The number of likely N-dealkylation sites (tertiary alicyclic amines) is 1. The molecule has 1 aliphatic carbocycles. The van der Waals surface area contributed by atoms with Crippen molar-refractivity contribution >= 4 is 11.6 Å². The third kappa shape index (κ3) is 3.06. The van der Waals surface area contributed by atoms with Crippen LogP contribution in [0.15, 0.2) is 24.3 Å². The molecule has 9 heteroatoms. The molecule has 0 saturated carbocycles. The van der Waals surface area contributed by atoms with Gasteiger partial charge in [0.05, 0.1) is 19.8 Å². The van der Waals surface area contributed by atoms with Crippen LogP contribution in [0.4, 0.5) is 0 Å². The van der Waals surface area contributed by atoms with Crippen LogP contribution in [0.1, 0.15) is 51.4 Å². The fraction of sp³-hybridized carbons (Fsp3) is 0.500. The Morgan fingerprint density at radius 3 is 2.38 bits per heavy atom. The average Bonchev–Trinajstić information content (AvgIpc) is 3.33. The van der Waals surface area contributed by atoms with Gasteiger partial charge in [0.15, 0.2) is 11.5 Å². The largest absolute Gasteiger partial charge is 0.571 e. The monoisotopic (exact) mass is 398 g/mol. The molecule has 1 aromatic heterocycles. The van der Waals surface area contributed by atoms with Crippen LogP contribution in [0.3, 0.4) is 0 Å². The van der Waals surface area contributed by atoms with Crippen LogP contribution in [-0.2, 0) is 16.0 Å². The summed E-state index contributed by atoms with van der Waals surface area (Å²) >= 11 is 0. The minimum Gasteiger partial charge on any atom is -0.571 e. The summed E-state index contributed by atoms with van der Waals surface area (Å²) in [6.45, 7) is 4.15. The van der Waals surface area contributed by atoms with E-state index in [4.69, 9.17) is 9.47 Å². The van der Waals surface area contributed by atoms with Gasteiger partial charge in [0.25, 0.3) is 0 Å². The van der Waals surface area contributed by atoms with Gasteiger partial charge < -0.3 is 19.6 Å². The molecule has 3 heterocycles. The van der Waals surface area contributed by atoms with Crippen LogP contribution >= 0.6 is 0 Å². The number of rotatable bonds is 4. The van der Waals surface area contributed by atoms with E-state index in [9.17, 15) is 14.8 Å². The SMILES string of the molecule is O=C1c2ccccc2C(=O)c2c1n[n+]([O-])n2CCCN1CCC2(CC1)OCCO2. The summed E-state index contributed by atoms with van der Waals surface area (Å²) in [6.07, 6.45) is 2.33. The van der Waals surface area contributed by atoms with E-state index in [-0.39, 0.29) is 23.0 Å². The van der Waals surface area contributed by atoms with Crippen molar-refractivity contribution in [2.45, 2.75) is 31.6 Å². The van der Waals surface area contributed by atoms with E-state index < -0.39 is 5.79 Å². The fourth-order valence-electron chi connectivity index (χ4n) is 4.45. The highest BCUT2D eigenvalue weighted by atomic mass is 16.7. The summed E-state index contributed by atoms with van der Waals surface area (Å²) in [5, 5.41) is 16.1. The smallest absolute Gasteiger partial charge is 0.220 e. The molecule has 0 bridgehead atoms. The lowest BCUT2D eigenvalue weighted by molar-refractivity contribution is -0.749. The highest BCUT2D eigenvalue weighted by Gasteiger charge is 2.40. The Bertz CT molecular complexity index is 969. The van der Waals surface area contributed by atoms with E-state index in [0.717, 1.165) is 32.5 Å². The first-order valence-electron chi connectivity index (χ1n) is 9.97. The quantitative estimate of drug-likeness (QED) is 0.466. The van der Waals surface area contributed by atoms with Crippen molar-refractivity contribution in [2.75, 3.05) is 32.8 Å². The van der Waals surface area contributed by atoms with Crippen LogP contribution in [0.2, 0.25) is 0 Å². The predicted molar refractivity (Wildman–Crippen MR) is 99.4 cm³/mol. The fourth-order valence-corrected chi connectivity index (χ4v) is 4.45. The Kier molecular flexibility index (Phi) is 4.45. The number of aromatic nitrogens is 3. The van der Waals surface area contributed by atoms with Gasteiger partial charge >= 0.3 is 0 Å². The Hall–Kier alpha value is -2.62. The standard InChI is InChI=1S/C20H22N4O5/c25-18-14-4-1-2-5-15(14)19(26)17-16(18)21-24(27)23(17)9-3-8-22-10-6-20(7-11-22)28-12-13-29-20/h1-2,4-5H,3,6-13H2. The summed E-state index contributed by atoms with van der Waals surface area (Å²) in [6, 6.07) is 6.61. The molecule has 2 aromatic rings. The Labute approximate surface area is 167 Å². The predicted octanol–water partition coefficient (Wildman–Crippen LogP) is 0.521. The second kappa shape index (κ2) is 7.01. The van der Waals surface area contributed by atoms with Crippen molar-refractivity contribution in [2.24, 2.45) is 0 Å². The van der Waals surface area contributed by atoms with E-state index in [1.807, 2.05) is 0 Å². The third-order valence-corrected chi connectivity index (χ3v) is 6.00. The molecule has 0 amide bonds. The maximum Gasteiger partial charge on any atom is 0.220 e. The maximum atomic E-state index is 12.9. The number of fused-ring (bicyclic) bond motifs is 2. The second-order valence-corrected chi connectivity index (χ2v) is 7.68. The molecule has 152 valence electrons. The van der Waals surface area contributed by atoms with Crippen LogP contribution in [0, 0.1) is 5.21 Å². The van der Waals surface area contributed by atoms with E-state index in [1.54, 1.807) is 24.3 Å². The minimum absolute atomic E-state index is 0.0563. The average molecular weight is 398 g/mol. The van der Waals surface area contributed by atoms with Gasteiger partial charge in [0.2, 0.25) is 17.3 Å². The number of ketones is 2. The molecule has 0 radical (unpaired) electrons. The van der Waals surface area contributed by atoms with Crippen molar-refractivity contribution < 1.29 is 24.0 Å². The summed E-state index contributed by atoms with van der Waals surface area (Å²) < 4.78 is 12.8. The number of benzene rings is 1. The van der Waals surface area contributed by atoms with Crippen LogP contribution in [0.25, 0.3) is 0 Å². The number of nitrogens with zero attached hydrogens (tertiary/aromatic N) is 4. The number of carbonyl (C=O) groups is 2. The lowest BCUT2D eigenvalue weighted by Crippen LogP contribution is -2.46. The van der Waals surface area contributed by atoms with Gasteiger partial charge in [0, 0.05) is 53.7 Å². The highest BCUT2D eigenvalue weighted by Crippen LogP contribution is 2.31. The first kappa shape index (κ1) is 18.4. The lowest BCUT2D eigenvalue weighted by Gasteiger charge is -2.37. The molecule has 29 heavy (non-hydrogen) atoms. The molecule has 0 atom stereocenters. The highest BCUT2D eigenvalue weighted by molar-refractivity contribution is 6.26. The van der Waals surface area contributed by atoms with E-state index in [1.165, 1.54) is 4.68 Å². The molecule has 0 unspecified atom stereocenters. The Balaban J connectivity index is 1.27. The zero-order valence-corrected chi connectivity index (χ0v) is 16.0. The van der Waals surface area contributed by atoms with E-state index in [2.05, 4.69) is 10.00 Å². The normalized spacial score (nSPS) is 20.8. The van der Waals surface area contributed by atoms with Crippen LogP contribution < -0.4 is 4.96 Å². The second-order valence-electron chi connectivity index (χ2n) is 7.68. The van der Waals surface area contributed by atoms with Gasteiger partial charge in [-0.05, 0) is 6.42 Å². The topological polar surface area (TPSA) is 101 Å². The molecule has 3 aliphatic rings. The summed E-state index contributed by atoms with van der Waals surface area (Å²) in [5.74, 6) is -1.11. The van der Waals surface area contributed by atoms with E-state index >= 15 is 0 Å². The third-order valence-electron chi connectivity index (χ3n) is 6.00. The van der Waals surface area contributed by atoms with Gasteiger partial charge in [-0.3, -0.25) is 9.59 Å². The first-order chi connectivity index (χ1) is 14.1. The van der Waals surface area contributed by atoms with E-state index in [0.29, 0.717) is 42.3 Å². The van der Waals surface area contributed by atoms with Gasteiger partial charge in [-0.2, -0.15) is 0 Å². The Morgan fingerprint density at radius 1 is 1.03 bits per heavy atom. The summed E-state index contributed by atoms with van der Waals surface area (Å²) in [4.78, 5) is 28.2. The van der Waals surface area contributed by atoms with Gasteiger partial charge in [0.1, 0.15) is 0 Å². The maximum absolute atomic E-state index is 12.9. The number of carbonyl (C=O) groups excluding carboxylic acids is 2. The van der Waals surface area contributed by atoms with Crippen LogP contribution in [0.5, 0.6) is 0 Å².